The van der Waals surface area contributed by atoms with Crippen molar-refractivity contribution in [1.82, 2.24) is 30.3 Å². The summed E-state index contributed by atoms with van der Waals surface area (Å²) in [5.41, 5.74) is 0.349. The van der Waals surface area contributed by atoms with E-state index in [2.05, 4.69) is 20.5 Å². The third-order valence-corrected chi connectivity index (χ3v) is 8.36. The summed E-state index contributed by atoms with van der Waals surface area (Å²) in [5, 5.41) is 8.84. The third kappa shape index (κ3) is 4.29. The van der Waals surface area contributed by atoms with Gasteiger partial charge in [-0.1, -0.05) is 0 Å². The zero-order chi connectivity index (χ0) is 25.1. The predicted molar refractivity (Wildman–Crippen MR) is 122 cm³/mol. The van der Waals surface area contributed by atoms with Gasteiger partial charge in [-0.2, -0.15) is 18.3 Å². The maximum absolute atomic E-state index is 13.1. The second kappa shape index (κ2) is 8.60. The second-order valence-electron chi connectivity index (χ2n) is 10.8. The van der Waals surface area contributed by atoms with Gasteiger partial charge in [0.1, 0.15) is 12.3 Å². The molecule has 1 spiro atoms. The van der Waals surface area contributed by atoms with Gasteiger partial charge < -0.3 is 19.9 Å². The van der Waals surface area contributed by atoms with Crippen molar-refractivity contribution in [2.45, 2.75) is 56.8 Å². The summed E-state index contributed by atoms with van der Waals surface area (Å²) in [6.45, 7) is 2.72. The van der Waals surface area contributed by atoms with Crippen LogP contribution >= 0.6 is 0 Å². The molecule has 0 radical (unpaired) electrons. The highest BCUT2D eigenvalue weighted by atomic mass is 19.4. The molecule has 3 amide bonds. The minimum absolute atomic E-state index is 0.00399. The summed E-state index contributed by atoms with van der Waals surface area (Å²) >= 11 is 0. The van der Waals surface area contributed by atoms with Crippen molar-refractivity contribution in [3.63, 3.8) is 0 Å². The quantitative estimate of drug-likeness (QED) is 0.652. The van der Waals surface area contributed by atoms with Crippen molar-refractivity contribution < 1.29 is 27.5 Å². The number of likely N-dealkylation sites (tertiary alicyclic amines) is 2. The van der Waals surface area contributed by atoms with E-state index in [-0.39, 0.29) is 47.0 Å². The first kappa shape index (κ1) is 23.5. The molecule has 36 heavy (non-hydrogen) atoms. The Kier molecular flexibility index (Phi) is 5.62. The number of ether oxygens (including phenoxy) is 1. The first-order chi connectivity index (χ1) is 17.2. The summed E-state index contributed by atoms with van der Waals surface area (Å²) in [5.74, 6) is 0.288. The lowest BCUT2D eigenvalue weighted by Crippen LogP contribution is -2.66. The summed E-state index contributed by atoms with van der Waals surface area (Å²) < 4.78 is 44.7. The lowest BCUT2D eigenvalue weighted by Gasteiger charge is -2.55. The topological polar surface area (TPSA) is 103 Å². The van der Waals surface area contributed by atoms with Gasteiger partial charge in [-0.15, -0.1) is 0 Å². The normalized spacial score (nSPS) is 26.6. The fourth-order valence-corrected chi connectivity index (χ4v) is 6.35. The van der Waals surface area contributed by atoms with Crippen LogP contribution in [-0.4, -0.2) is 81.9 Å². The molecule has 2 atom stereocenters. The molecule has 2 N–H and O–H groups in total. The number of aromatic nitrogens is 3. The van der Waals surface area contributed by atoms with Crippen molar-refractivity contribution in [1.29, 1.82) is 0 Å². The summed E-state index contributed by atoms with van der Waals surface area (Å²) in [6.07, 6.45) is 2.28. The molecular formula is C24H29F3N6O3. The van der Waals surface area contributed by atoms with E-state index in [0.717, 1.165) is 50.9 Å². The van der Waals surface area contributed by atoms with Gasteiger partial charge in [-0.25, -0.2) is 4.79 Å². The van der Waals surface area contributed by atoms with E-state index >= 15 is 0 Å². The van der Waals surface area contributed by atoms with Crippen LogP contribution in [0.4, 0.5) is 18.0 Å². The smallest absolute Gasteiger partial charge is 0.366 e. The van der Waals surface area contributed by atoms with Crippen LogP contribution in [0.2, 0.25) is 0 Å². The highest BCUT2D eigenvalue weighted by molar-refractivity contribution is 5.81. The number of morpholine rings is 1. The number of urea groups is 1. The number of hydrogen-bond acceptors (Lipinski definition) is 5. The van der Waals surface area contributed by atoms with Crippen LogP contribution in [0.5, 0.6) is 0 Å². The third-order valence-electron chi connectivity index (χ3n) is 8.36. The molecule has 194 valence electrons. The van der Waals surface area contributed by atoms with Crippen LogP contribution in [-0.2, 0) is 22.1 Å². The van der Waals surface area contributed by atoms with Gasteiger partial charge >= 0.3 is 12.2 Å². The number of alkyl halides is 3. The Morgan fingerprint density at radius 1 is 1.19 bits per heavy atom. The maximum atomic E-state index is 13.1. The Labute approximate surface area is 205 Å². The van der Waals surface area contributed by atoms with Crippen molar-refractivity contribution in [2.75, 3.05) is 32.8 Å². The van der Waals surface area contributed by atoms with E-state index in [1.807, 2.05) is 9.80 Å². The maximum Gasteiger partial charge on any atom is 0.433 e. The number of H-pyrrole nitrogens is 1. The van der Waals surface area contributed by atoms with Gasteiger partial charge in [0.05, 0.1) is 23.0 Å². The van der Waals surface area contributed by atoms with E-state index < -0.39 is 11.9 Å². The molecule has 1 aliphatic carbocycles. The number of piperidine rings is 1. The molecule has 3 aliphatic heterocycles. The lowest BCUT2D eigenvalue weighted by atomic mass is 9.65. The van der Waals surface area contributed by atoms with Gasteiger partial charge in [-0.3, -0.25) is 14.9 Å². The Hall–Kier alpha value is -2.89. The molecule has 0 bridgehead atoms. The number of carbonyl (C=O) groups is 2. The van der Waals surface area contributed by atoms with Crippen LogP contribution in [0, 0.1) is 11.3 Å². The van der Waals surface area contributed by atoms with Crippen molar-refractivity contribution in [3.8, 4) is 0 Å². The number of pyridine rings is 1. The molecule has 0 unspecified atom stereocenters. The Morgan fingerprint density at radius 2 is 1.97 bits per heavy atom. The van der Waals surface area contributed by atoms with Gasteiger partial charge in [0.2, 0.25) is 5.91 Å². The number of amides is 3. The largest absolute Gasteiger partial charge is 0.433 e. The predicted octanol–water partition coefficient (Wildman–Crippen LogP) is 2.72. The highest BCUT2D eigenvalue weighted by Crippen LogP contribution is 2.46. The lowest BCUT2D eigenvalue weighted by molar-refractivity contribution is -0.140. The summed E-state index contributed by atoms with van der Waals surface area (Å²) in [7, 11) is 0. The summed E-state index contributed by atoms with van der Waals surface area (Å²) in [4.78, 5) is 32.7. The first-order valence-electron chi connectivity index (χ1n) is 12.5. The molecule has 2 aromatic rings. The first-order valence-corrected chi connectivity index (χ1v) is 12.5. The standard InChI is InChI=1S/C24H29F3N6O3/c25-24(26,27)21-16-9-28-15(8-17(16)30-31-21)7-14-1-4-23(5-2-14)12-33(13-23)22(35)32-6-3-19-18(10-32)29-20(34)11-36-19/h8-9,14,18-19H,1-7,10-13H2,(H,29,34)(H,30,31)/t18-,19+/m1/s1. The van der Waals surface area contributed by atoms with Crippen LogP contribution in [0.25, 0.3) is 10.9 Å². The monoisotopic (exact) mass is 506 g/mol. The van der Waals surface area contributed by atoms with Crippen LogP contribution in [0.1, 0.15) is 43.5 Å². The average Bonchev–Trinajstić information content (AvgIpc) is 3.26. The zero-order valence-electron chi connectivity index (χ0n) is 19.8. The number of fused-ring (bicyclic) bond motifs is 2. The number of rotatable bonds is 2. The fourth-order valence-electron chi connectivity index (χ4n) is 6.35. The second-order valence-corrected chi connectivity index (χ2v) is 10.8. The van der Waals surface area contributed by atoms with E-state index in [1.165, 1.54) is 6.20 Å². The minimum atomic E-state index is -4.48. The Morgan fingerprint density at radius 3 is 2.72 bits per heavy atom. The summed E-state index contributed by atoms with van der Waals surface area (Å²) in [6, 6.07) is 1.55. The molecule has 6 rings (SSSR count). The molecule has 4 fully saturated rings. The molecule has 12 heteroatoms. The fraction of sp³-hybridized carbons (Fsp3) is 0.667. The molecule has 2 aromatic heterocycles. The molecule has 9 nitrogen and oxygen atoms in total. The number of hydrogen-bond donors (Lipinski definition) is 2. The average molecular weight is 507 g/mol. The number of aromatic amines is 1. The van der Waals surface area contributed by atoms with Gasteiger partial charge in [0, 0.05) is 43.5 Å². The van der Waals surface area contributed by atoms with E-state index in [9.17, 15) is 22.8 Å². The molecule has 3 saturated heterocycles. The molecule has 5 heterocycles. The van der Waals surface area contributed by atoms with E-state index in [0.29, 0.717) is 25.4 Å². The SMILES string of the molecule is O=C1CO[C@H]2CCN(C(=O)N3CC4(CCC(Cc5cc6n[nH]c(C(F)(F)F)c6cn5)CC4)C3)C[C@H]2N1. The molecule has 1 saturated carbocycles. The van der Waals surface area contributed by atoms with Crippen LogP contribution in [0.15, 0.2) is 12.3 Å². The van der Waals surface area contributed by atoms with Crippen LogP contribution in [0.3, 0.4) is 0 Å². The highest BCUT2D eigenvalue weighted by Gasteiger charge is 2.48. The number of carbonyl (C=O) groups excluding carboxylic acids is 2. The van der Waals surface area contributed by atoms with E-state index in [4.69, 9.17) is 4.74 Å². The molecular weight excluding hydrogens is 477 g/mol. The molecule has 4 aliphatic rings. The number of halogens is 3. The van der Waals surface area contributed by atoms with Crippen molar-refractivity contribution in [3.05, 3.63) is 23.7 Å². The van der Waals surface area contributed by atoms with E-state index in [1.54, 1.807) is 6.07 Å². The van der Waals surface area contributed by atoms with Crippen molar-refractivity contribution in [2.24, 2.45) is 11.3 Å². The minimum Gasteiger partial charge on any atom is -0.366 e. The number of nitrogens with one attached hydrogen (secondary N) is 2. The Balaban J connectivity index is 0.998. The molecule has 0 aromatic carbocycles. The zero-order valence-corrected chi connectivity index (χ0v) is 19.8. The van der Waals surface area contributed by atoms with Crippen molar-refractivity contribution >= 4 is 22.8 Å². The number of nitrogens with zero attached hydrogens (tertiary/aromatic N) is 4. The van der Waals surface area contributed by atoms with Gasteiger partial charge in [0.15, 0.2) is 0 Å². The Bertz CT molecular complexity index is 1170. The van der Waals surface area contributed by atoms with Gasteiger partial charge in [0.25, 0.3) is 0 Å². The van der Waals surface area contributed by atoms with Crippen LogP contribution < -0.4 is 5.32 Å². The van der Waals surface area contributed by atoms with Gasteiger partial charge in [-0.05, 0) is 50.5 Å².